The molecule has 0 aliphatic heterocycles. The van der Waals surface area contributed by atoms with Gasteiger partial charge in [0.2, 0.25) is 0 Å². The number of esters is 1. The van der Waals surface area contributed by atoms with Crippen molar-refractivity contribution in [2.75, 3.05) is 7.11 Å². The van der Waals surface area contributed by atoms with Gasteiger partial charge in [0.15, 0.2) is 9.84 Å². The van der Waals surface area contributed by atoms with Crippen molar-refractivity contribution in [2.24, 2.45) is 0 Å². The highest BCUT2D eigenvalue weighted by Gasteiger charge is 2.30. The standard InChI is InChI=1S/C23H22O4S/c1-27-22(24)14-17-11-12-21-18(13-16-7-5-6-10-20(16)23(17)21)15-28(25,26)19-8-3-2-4-9-19/h2-10,13,17H,11-12,14-15H2,1H3. The SMILES string of the molecule is COC(=O)CC1CCc2c(CS(=O)(=O)c3ccccc3)cc3ccccc3c21. The molecule has 0 N–H and O–H groups in total. The van der Waals surface area contributed by atoms with Gasteiger partial charge in [-0.1, -0.05) is 42.5 Å². The summed E-state index contributed by atoms with van der Waals surface area (Å²) < 4.78 is 30.8. The van der Waals surface area contributed by atoms with E-state index in [0.29, 0.717) is 11.3 Å². The molecule has 4 nitrogen and oxygen atoms in total. The second-order valence-corrected chi connectivity index (χ2v) is 9.23. The van der Waals surface area contributed by atoms with Crippen LogP contribution in [0.15, 0.2) is 65.6 Å². The summed E-state index contributed by atoms with van der Waals surface area (Å²) in [6, 6.07) is 18.5. The molecule has 0 bridgehead atoms. The van der Waals surface area contributed by atoms with E-state index in [4.69, 9.17) is 4.74 Å². The summed E-state index contributed by atoms with van der Waals surface area (Å²) in [5.74, 6) is -0.203. The van der Waals surface area contributed by atoms with E-state index in [-0.39, 0.29) is 17.6 Å². The molecule has 0 saturated carbocycles. The van der Waals surface area contributed by atoms with Crippen LogP contribution in [0.3, 0.4) is 0 Å². The van der Waals surface area contributed by atoms with Gasteiger partial charge in [0.05, 0.1) is 24.2 Å². The van der Waals surface area contributed by atoms with Gasteiger partial charge in [0.25, 0.3) is 0 Å². The second-order valence-electron chi connectivity index (χ2n) is 7.24. The maximum absolute atomic E-state index is 13.0. The van der Waals surface area contributed by atoms with Crippen LogP contribution in [-0.2, 0) is 31.5 Å². The minimum atomic E-state index is -3.44. The van der Waals surface area contributed by atoms with Crippen molar-refractivity contribution in [1.82, 2.24) is 0 Å². The van der Waals surface area contributed by atoms with E-state index < -0.39 is 9.84 Å². The summed E-state index contributed by atoms with van der Waals surface area (Å²) in [5, 5.41) is 2.11. The van der Waals surface area contributed by atoms with Crippen LogP contribution in [0.1, 0.15) is 35.4 Å². The first-order chi connectivity index (χ1) is 13.5. The number of hydrogen-bond acceptors (Lipinski definition) is 4. The van der Waals surface area contributed by atoms with E-state index in [1.165, 1.54) is 7.11 Å². The third-order valence-electron chi connectivity index (χ3n) is 5.53. The van der Waals surface area contributed by atoms with Crippen LogP contribution in [0, 0.1) is 0 Å². The lowest BCUT2D eigenvalue weighted by molar-refractivity contribution is -0.141. The van der Waals surface area contributed by atoms with E-state index >= 15 is 0 Å². The predicted molar refractivity (Wildman–Crippen MR) is 109 cm³/mol. The number of rotatable bonds is 5. The Labute approximate surface area is 165 Å². The molecular weight excluding hydrogens is 372 g/mol. The van der Waals surface area contributed by atoms with E-state index in [0.717, 1.165) is 40.3 Å². The Bertz CT molecular complexity index is 1130. The van der Waals surface area contributed by atoms with Crippen molar-refractivity contribution in [3.8, 4) is 0 Å². The highest BCUT2D eigenvalue weighted by molar-refractivity contribution is 7.90. The van der Waals surface area contributed by atoms with E-state index in [1.54, 1.807) is 24.3 Å². The molecule has 0 fully saturated rings. The fourth-order valence-corrected chi connectivity index (χ4v) is 5.64. The third kappa shape index (κ3) is 3.42. The Morgan fingerprint density at radius 1 is 1.07 bits per heavy atom. The molecule has 5 heteroatoms. The number of hydrogen-bond donors (Lipinski definition) is 0. The molecule has 0 amide bonds. The van der Waals surface area contributed by atoms with E-state index in [1.807, 2.05) is 30.3 Å². The molecule has 1 aliphatic rings. The highest BCUT2D eigenvalue weighted by Crippen LogP contribution is 2.43. The van der Waals surface area contributed by atoms with Gasteiger partial charge in [0, 0.05) is 0 Å². The molecule has 0 saturated heterocycles. The molecule has 1 atom stereocenters. The van der Waals surface area contributed by atoms with Crippen LogP contribution < -0.4 is 0 Å². The van der Waals surface area contributed by atoms with Crippen LogP contribution in [-0.4, -0.2) is 21.5 Å². The average molecular weight is 394 g/mol. The summed E-state index contributed by atoms with van der Waals surface area (Å²) in [6.07, 6.45) is 1.93. The van der Waals surface area contributed by atoms with Gasteiger partial charge in [-0.25, -0.2) is 8.42 Å². The first-order valence-corrected chi connectivity index (χ1v) is 11.0. The number of benzene rings is 3. The third-order valence-corrected chi connectivity index (χ3v) is 7.21. The fraction of sp³-hybridized carbons (Fsp3) is 0.261. The Morgan fingerprint density at radius 3 is 2.54 bits per heavy atom. The smallest absolute Gasteiger partial charge is 0.306 e. The van der Waals surface area contributed by atoms with Gasteiger partial charge >= 0.3 is 5.97 Å². The number of carbonyl (C=O) groups is 1. The zero-order valence-corrected chi connectivity index (χ0v) is 16.5. The zero-order valence-electron chi connectivity index (χ0n) is 15.7. The number of fused-ring (bicyclic) bond motifs is 3. The van der Waals surface area contributed by atoms with Crippen LogP contribution in [0.2, 0.25) is 0 Å². The molecule has 1 aliphatic carbocycles. The molecular formula is C23H22O4S. The van der Waals surface area contributed by atoms with Crippen LogP contribution >= 0.6 is 0 Å². The maximum atomic E-state index is 13.0. The average Bonchev–Trinajstić information content (AvgIpc) is 3.13. The van der Waals surface area contributed by atoms with Crippen molar-refractivity contribution in [2.45, 2.75) is 35.8 Å². The van der Waals surface area contributed by atoms with E-state index in [9.17, 15) is 13.2 Å². The number of carbonyl (C=O) groups excluding carboxylic acids is 1. The van der Waals surface area contributed by atoms with Crippen LogP contribution in [0.4, 0.5) is 0 Å². The Balaban J connectivity index is 1.82. The van der Waals surface area contributed by atoms with Gasteiger partial charge < -0.3 is 4.74 Å². The predicted octanol–water partition coefficient (Wildman–Crippen LogP) is 4.41. The molecule has 0 radical (unpaired) electrons. The molecule has 3 aromatic carbocycles. The maximum Gasteiger partial charge on any atom is 0.306 e. The minimum Gasteiger partial charge on any atom is -0.469 e. The summed E-state index contributed by atoms with van der Waals surface area (Å²) in [6.45, 7) is 0. The lowest BCUT2D eigenvalue weighted by Crippen LogP contribution is -2.09. The van der Waals surface area contributed by atoms with Gasteiger partial charge in [0.1, 0.15) is 0 Å². The first kappa shape index (κ1) is 18.7. The number of sulfone groups is 1. The lowest BCUT2D eigenvalue weighted by Gasteiger charge is -2.16. The molecule has 144 valence electrons. The summed E-state index contributed by atoms with van der Waals surface area (Å²) in [4.78, 5) is 12.2. The molecule has 1 unspecified atom stereocenters. The monoisotopic (exact) mass is 394 g/mol. The number of ether oxygens (including phenoxy) is 1. The van der Waals surface area contributed by atoms with Crippen molar-refractivity contribution in [1.29, 1.82) is 0 Å². The van der Waals surface area contributed by atoms with Gasteiger partial charge in [-0.2, -0.15) is 0 Å². The Hall–Kier alpha value is -2.66. The largest absolute Gasteiger partial charge is 0.469 e. The van der Waals surface area contributed by atoms with Gasteiger partial charge in [-0.05, 0) is 64.4 Å². The minimum absolute atomic E-state index is 0.0326. The molecule has 0 aromatic heterocycles. The number of methoxy groups -OCH3 is 1. The molecule has 3 aromatic rings. The Morgan fingerprint density at radius 2 is 1.79 bits per heavy atom. The molecule has 0 heterocycles. The molecule has 28 heavy (non-hydrogen) atoms. The van der Waals surface area contributed by atoms with Crippen molar-refractivity contribution < 1.29 is 17.9 Å². The van der Waals surface area contributed by atoms with Crippen molar-refractivity contribution in [3.05, 3.63) is 77.4 Å². The second kappa shape index (κ2) is 7.40. The van der Waals surface area contributed by atoms with Crippen LogP contribution in [0.5, 0.6) is 0 Å². The lowest BCUT2D eigenvalue weighted by atomic mass is 9.90. The normalized spacial score (nSPS) is 16.1. The van der Waals surface area contributed by atoms with Crippen molar-refractivity contribution >= 4 is 26.6 Å². The van der Waals surface area contributed by atoms with Crippen molar-refractivity contribution in [3.63, 3.8) is 0 Å². The quantitative estimate of drug-likeness (QED) is 0.602. The zero-order chi connectivity index (χ0) is 19.7. The first-order valence-electron chi connectivity index (χ1n) is 9.37. The summed E-state index contributed by atoms with van der Waals surface area (Å²) in [5.41, 5.74) is 3.03. The van der Waals surface area contributed by atoms with Crippen LogP contribution in [0.25, 0.3) is 10.8 Å². The Kier molecular flexibility index (Phi) is 4.94. The van der Waals surface area contributed by atoms with E-state index in [2.05, 4.69) is 6.07 Å². The fourth-order valence-electron chi connectivity index (χ4n) is 4.24. The topological polar surface area (TPSA) is 60.4 Å². The summed E-state index contributed by atoms with van der Waals surface area (Å²) >= 11 is 0. The van der Waals surface area contributed by atoms with Gasteiger partial charge in [-0.3, -0.25) is 4.79 Å². The van der Waals surface area contributed by atoms with Gasteiger partial charge in [-0.15, -0.1) is 0 Å². The summed E-state index contributed by atoms with van der Waals surface area (Å²) in [7, 11) is -2.04. The highest BCUT2D eigenvalue weighted by atomic mass is 32.2. The molecule has 4 rings (SSSR count). The molecule has 0 spiro atoms.